The highest BCUT2D eigenvalue weighted by Crippen LogP contribution is 2.17. The highest BCUT2D eigenvalue weighted by atomic mass is 16.5. The lowest BCUT2D eigenvalue weighted by molar-refractivity contribution is 0.0836. The van der Waals surface area contributed by atoms with E-state index in [0.717, 1.165) is 45.7 Å². The summed E-state index contributed by atoms with van der Waals surface area (Å²) in [6.07, 6.45) is 4.62. The number of ether oxygens (including phenoxy) is 2. The van der Waals surface area contributed by atoms with Gasteiger partial charge in [0.1, 0.15) is 0 Å². The number of aliphatic hydroxyl groups is 1. The molecule has 2 aliphatic rings. The lowest BCUT2D eigenvalue weighted by Crippen LogP contribution is -2.44. The van der Waals surface area contributed by atoms with Crippen LogP contribution in [0.5, 0.6) is 0 Å². The molecule has 23 heavy (non-hydrogen) atoms. The summed E-state index contributed by atoms with van der Waals surface area (Å²) in [5.74, 6) is 0. The number of aliphatic hydroxyl groups excluding tert-OH is 1. The average molecular weight is 324 g/mol. The molecule has 2 aliphatic heterocycles. The van der Waals surface area contributed by atoms with Crippen molar-refractivity contribution in [1.29, 1.82) is 0 Å². The molecule has 1 N–H and O–H groups in total. The molecule has 0 radical (unpaired) electrons. The third kappa shape index (κ3) is 4.30. The topological polar surface area (TPSA) is 63.0 Å². The van der Waals surface area contributed by atoms with E-state index < -0.39 is 0 Å². The van der Waals surface area contributed by atoms with Crippen molar-refractivity contribution < 1.29 is 14.6 Å². The van der Waals surface area contributed by atoms with E-state index in [4.69, 9.17) is 9.47 Å². The Kier molecular flexibility index (Phi) is 6.02. The second-order valence-electron chi connectivity index (χ2n) is 6.41. The van der Waals surface area contributed by atoms with Crippen molar-refractivity contribution in [2.45, 2.75) is 31.7 Å². The van der Waals surface area contributed by atoms with Crippen molar-refractivity contribution in [2.24, 2.45) is 0 Å². The Balaban J connectivity index is 1.53. The Hall–Kier alpha value is -0.990. The molecule has 0 saturated carbocycles. The fourth-order valence-corrected chi connectivity index (χ4v) is 3.46. The van der Waals surface area contributed by atoms with Crippen LogP contribution in [0.3, 0.4) is 0 Å². The van der Waals surface area contributed by atoms with Gasteiger partial charge in [0.25, 0.3) is 0 Å². The Bertz CT molecular complexity index is 482. The van der Waals surface area contributed by atoms with E-state index in [9.17, 15) is 5.11 Å². The molecule has 7 heteroatoms. The first kappa shape index (κ1) is 16.9. The maximum absolute atomic E-state index is 10.0. The van der Waals surface area contributed by atoms with Crippen LogP contribution < -0.4 is 0 Å². The summed E-state index contributed by atoms with van der Waals surface area (Å²) in [7, 11) is 1.72. The van der Waals surface area contributed by atoms with Crippen molar-refractivity contribution in [3.8, 4) is 0 Å². The number of hydrogen-bond donors (Lipinski definition) is 1. The van der Waals surface area contributed by atoms with E-state index in [-0.39, 0.29) is 12.1 Å². The second kappa shape index (κ2) is 8.21. The summed E-state index contributed by atoms with van der Waals surface area (Å²) in [5, 5.41) is 10.0. The van der Waals surface area contributed by atoms with Crippen LogP contribution in [0.2, 0.25) is 0 Å². The Morgan fingerprint density at radius 3 is 3.00 bits per heavy atom. The van der Waals surface area contributed by atoms with Gasteiger partial charge in [-0.2, -0.15) is 0 Å². The molecular weight excluding hydrogens is 296 g/mol. The highest BCUT2D eigenvalue weighted by molar-refractivity contribution is 4.99. The van der Waals surface area contributed by atoms with Crippen molar-refractivity contribution >= 4 is 0 Å². The van der Waals surface area contributed by atoms with Gasteiger partial charge < -0.3 is 19.1 Å². The predicted octanol–water partition coefficient (Wildman–Crippen LogP) is -0.203. The number of rotatable bonds is 6. The van der Waals surface area contributed by atoms with E-state index in [1.54, 1.807) is 7.11 Å². The van der Waals surface area contributed by atoms with Crippen molar-refractivity contribution in [1.82, 2.24) is 19.4 Å². The van der Waals surface area contributed by atoms with Crippen LogP contribution in [-0.2, 0) is 22.6 Å². The summed E-state index contributed by atoms with van der Waals surface area (Å²) in [5.41, 5.74) is 1.24. The number of nitrogens with zero attached hydrogens (tertiary/aromatic N) is 4. The first-order chi connectivity index (χ1) is 11.3. The van der Waals surface area contributed by atoms with E-state index >= 15 is 0 Å². The number of aromatic nitrogens is 2. The zero-order chi connectivity index (χ0) is 16.1. The maximum atomic E-state index is 10.0. The summed E-state index contributed by atoms with van der Waals surface area (Å²) in [4.78, 5) is 9.14. The molecule has 0 bridgehead atoms. The van der Waals surface area contributed by atoms with E-state index in [1.165, 1.54) is 5.69 Å². The van der Waals surface area contributed by atoms with Gasteiger partial charge in [0, 0.05) is 39.5 Å². The molecule has 0 spiro atoms. The summed E-state index contributed by atoms with van der Waals surface area (Å²) >= 11 is 0. The summed E-state index contributed by atoms with van der Waals surface area (Å²) in [6.45, 7) is 7.71. The van der Waals surface area contributed by atoms with Crippen LogP contribution >= 0.6 is 0 Å². The van der Waals surface area contributed by atoms with E-state index in [0.29, 0.717) is 19.8 Å². The smallest absolute Gasteiger partial charge is 0.0950 e. The van der Waals surface area contributed by atoms with Crippen LogP contribution in [-0.4, -0.2) is 89.7 Å². The quantitative estimate of drug-likeness (QED) is 0.782. The monoisotopic (exact) mass is 324 g/mol. The third-order valence-electron chi connectivity index (χ3n) is 4.83. The molecule has 0 aromatic carbocycles. The third-order valence-corrected chi connectivity index (χ3v) is 4.83. The van der Waals surface area contributed by atoms with Crippen LogP contribution in [0.15, 0.2) is 12.5 Å². The number of hydrogen-bond acceptors (Lipinski definition) is 6. The second-order valence-corrected chi connectivity index (χ2v) is 6.41. The predicted molar refractivity (Wildman–Crippen MR) is 86.2 cm³/mol. The Morgan fingerprint density at radius 1 is 1.30 bits per heavy atom. The molecule has 0 aliphatic carbocycles. The number of imidazole rings is 1. The van der Waals surface area contributed by atoms with Gasteiger partial charge in [0.2, 0.25) is 0 Å². The van der Waals surface area contributed by atoms with Gasteiger partial charge in [-0.1, -0.05) is 0 Å². The van der Waals surface area contributed by atoms with Crippen molar-refractivity contribution in [2.75, 3.05) is 53.1 Å². The van der Waals surface area contributed by atoms with Crippen LogP contribution in [0, 0.1) is 0 Å². The van der Waals surface area contributed by atoms with Gasteiger partial charge in [-0.05, 0) is 19.5 Å². The zero-order valence-electron chi connectivity index (χ0n) is 13.9. The van der Waals surface area contributed by atoms with Gasteiger partial charge >= 0.3 is 0 Å². The molecule has 2 atom stereocenters. The van der Waals surface area contributed by atoms with Gasteiger partial charge in [0.05, 0.1) is 44.0 Å². The van der Waals surface area contributed by atoms with Gasteiger partial charge in [-0.25, -0.2) is 4.98 Å². The maximum Gasteiger partial charge on any atom is 0.0950 e. The largest absolute Gasteiger partial charge is 0.389 e. The minimum Gasteiger partial charge on any atom is -0.389 e. The van der Waals surface area contributed by atoms with Gasteiger partial charge in [0.15, 0.2) is 0 Å². The molecule has 130 valence electrons. The summed E-state index contributed by atoms with van der Waals surface area (Å²) < 4.78 is 12.7. The first-order valence-electron chi connectivity index (χ1n) is 8.48. The van der Waals surface area contributed by atoms with E-state index in [2.05, 4.69) is 19.4 Å². The highest BCUT2D eigenvalue weighted by Gasteiger charge is 2.32. The fourth-order valence-electron chi connectivity index (χ4n) is 3.46. The zero-order valence-corrected chi connectivity index (χ0v) is 13.9. The first-order valence-corrected chi connectivity index (χ1v) is 8.48. The number of methoxy groups -OCH3 is 1. The molecule has 3 heterocycles. The molecule has 0 unspecified atom stereocenters. The van der Waals surface area contributed by atoms with Crippen LogP contribution in [0.4, 0.5) is 0 Å². The molecule has 1 aromatic rings. The minimum atomic E-state index is -0.336. The van der Waals surface area contributed by atoms with E-state index in [1.807, 2.05) is 12.5 Å². The Morgan fingerprint density at radius 2 is 2.22 bits per heavy atom. The molecule has 2 fully saturated rings. The van der Waals surface area contributed by atoms with Crippen LogP contribution in [0.1, 0.15) is 12.1 Å². The van der Waals surface area contributed by atoms with Crippen LogP contribution in [0.25, 0.3) is 0 Å². The Labute approximate surface area is 137 Å². The molecule has 1 aromatic heterocycles. The van der Waals surface area contributed by atoms with Crippen molar-refractivity contribution in [3.05, 3.63) is 18.2 Å². The fraction of sp³-hybridized carbons (Fsp3) is 0.812. The minimum absolute atomic E-state index is 0.169. The van der Waals surface area contributed by atoms with Crippen molar-refractivity contribution in [3.63, 3.8) is 0 Å². The molecule has 0 amide bonds. The standard InChI is InChI=1S/C16H28N4O3/c1-22-8-7-20-13-17-9-14(20)10-18-3-2-4-19(6-5-18)15-11-23-12-16(15)21/h9,13,15-16,21H,2-8,10-12H2,1H3/t15-,16-/m0/s1. The van der Waals surface area contributed by atoms with Gasteiger partial charge in [-0.15, -0.1) is 0 Å². The molecule has 3 rings (SSSR count). The average Bonchev–Trinajstić information content (AvgIpc) is 3.10. The normalized spacial score (nSPS) is 27.4. The molecule has 2 saturated heterocycles. The summed E-state index contributed by atoms with van der Waals surface area (Å²) in [6, 6.07) is 0.169. The SMILES string of the molecule is COCCn1cncc1CN1CCCN([C@H]2COC[C@@H]2O)CC1. The molecule has 7 nitrogen and oxygen atoms in total. The van der Waals surface area contributed by atoms with Gasteiger partial charge in [-0.3, -0.25) is 9.80 Å². The lowest BCUT2D eigenvalue weighted by atomic mass is 10.2. The lowest BCUT2D eigenvalue weighted by Gasteiger charge is -2.28. The molecular formula is C16H28N4O3.